The summed E-state index contributed by atoms with van der Waals surface area (Å²) in [6.07, 6.45) is 0.340. The number of halogens is 1. The van der Waals surface area contributed by atoms with Crippen LogP contribution in [0.15, 0.2) is 24.3 Å². The van der Waals surface area contributed by atoms with Crippen molar-refractivity contribution >= 4 is 11.6 Å². The molecule has 1 fully saturated rings. The van der Waals surface area contributed by atoms with Gasteiger partial charge in [0.2, 0.25) is 5.91 Å². The van der Waals surface area contributed by atoms with Crippen LogP contribution in [0.5, 0.6) is 0 Å². The fourth-order valence-electron chi connectivity index (χ4n) is 2.41. The number of para-hydroxylation sites is 1. The van der Waals surface area contributed by atoms with Crippen LogP contribution < -0.4 is 10.6 Å². The van der Waals surface area contributed by atoms with Gasteiger partial charge in [-0.05, 0) is 26.0 Å². The smallest absolute Gasteiger partial charge is 0.224 e. The van der Waals surface area contributed by atoms with Crippen molar-refractivity contribution in [2.75, 3.05) is 31.1 Å². The van der Waals surface area contributed by atoms with E-state index < -0.39 is 5.54 Å². The van der Waals surface area contributed by atoms with E-state index in [4.69, 9.17) is 5.73 Å². The largest absolute Gasteiger partial charge is 0.366 e. The Bertz CT molecular complexity index is 476. The van der Waals surface area contributed by atoms with E-state index in [-0.39, 0.29) is 11.7 Å². The lowest BCUT2D eigenvalue weighted by Gasteiger charge is -2.37. The van der Waals surface area contributed by atoms with Gasteiger partial charge in [-0.25, -0.2) is 4.39 Å². The van der Waals surface area contributed by atoms with Crippen LogP contribution in [-0.2, 0) is 4.79 Å². The minimum Gasteiger partial charge on any atom is -0.366 e. The molecule has 0 atom stereocenters. The molecule has 1 aromatic carbocycles. The number of amides is 1. The number of piperazine rings is 1. The van der Waals surface area contributed by atoms with Gasteiger partial charge in [0.25, 0.3) is 0 Å². The van der Waals surface area contributed by atoms with E-state index in [0.29, 0.717) is 38.3 Å². The van der Waals surface area contributed by atoms with Crippen molar-refractivity contribution in [3.8, 4) is 0 Å². The number of rotatable bonds is 3. The van der Waals surface area contributed by atoms with Gasteiger partial charge in [-0.1, -0.05) is 12.1 Å². The van der Waals surface area contributed by atoms with Gasteiger partial charge >= 0.3 is 0 Å². The van der Waals surface area contributed by atoms with E-state index >= 15 is 0 Å². The zero-order chi connectivity index (χ0) is 14.8. The molecule has 2 rings (SSSR count). The van der Waals surface area contributed by atoms with Crippen LogP contribution >= 0.6 is 0 Å². The van der Waals surface area contributed by atoms with Crippen molar-refractivity contribution in [1.29, 1.82) is 0 Å². The Morgan fingerprint density at radius 3 is 2.40 bits per heavy atom. The quantitative estimate of drug-likeness (QED) is 0.914. The molecule has 20 heavy (non-hydrogen) atoms. The van der Waals surface area contributed by atoms with E-state index in [1.54, 1.807) is 12.1 Å². The molecule has 0 unspecified atom stereocenters. The van der Waals surface area contributed by atoms with Gasteiger partial charge in [0.1, 0.15) is 5.82 Å². The maximum atomic E-state index is 13.7. The number of carbonyl (C=O) groups excluding carboxylic acids is 1. The summed E-state index contributed by atoms with van der Waals surface area (Å²) >= 11 is 0. The third kappa shape index (κ3) is 3.70. The van der Waals surface area contributed by atoms with Gasteiger partial charge in [0.05, 0.1) is 5.69 Å². The number of hydrogen-bond donors (Lipinski definition) is 1. The van der Waals surface area contributed by atoms with E-state index in [2.05, 4.69) is 0 Å². The summed E-state index contributed by atoms with van der Waals surface area (Å²) in [5.74, 6) is -0.138. The topological polar surface area (TPSA) is 49.6 Å². The number of benzene rings is 1. The number of nitrogens with zero attached hydrogens (tertiary/aromatic N) is 2. The predicted octanol–water partition coefficient (Wildman–Crippen LogP) is 1.60. The highest BCUT2D eigenvalue weighted by molar-refractivity contribution is 5.77. The van der Waals surface area contributed by atoms with Gasteiger partial charge in [0.15, 0.2) is 0 Å². The molecule has 1 aromatic rings. The normalized spacial score (nSPS) is 16.4. The molecule has 0 aliphatic carbocycles. The summed E-state index contributed by atoms with van der Waals surface area (Å²) in [6.45, 7) is 6.23. The lowest BCUT2D eigenvalue weighted by Crippen LogP contribution is -2.51. The first-order valence-electron chi connectivity index (χ1n) is 6.93. The zero-order valence-corrected chi connectivity index (χ0v) is 12.1. The van der Waals surface area contributed by atoms with Crippen LogP contribution in [0.1, 0.15) is 20.3 Å². The lowest BCUT2D eigenvalue weighted by atomic mass is 10.0. The second-order valence-corrected chi connectivity index (χ2v) is 5.98. The first kappa shape index (κ1) is 14.8. The molecule has 1 amide bonds. The second-order valence-electron chi connectivity index (χ2n) is 5.98. The molecule has 2 N–H and O–H groups in total. The molecule has 0 radical (unpaired) electrons. The molecule has 4 nitrogen and oxygen atoms in total. The molecule has 1 aliphatic heterocycles. The third-order valence-corrected chi connectivity index (χ3v) is 3.43. The second kappa shape index (κ2) is 5.79. The highest BCUT2D eigenvalue weighted by Crippen LogP contribution is 2.20. The maximum Gasteiger partial charge on any atom is 0.224 e. The summed E-state index contributed by atoms with van der Waals surface area (Å²) in [6, 6.07) is 6.74. The molecular weight excluding hydrogens is 257 g/mol. The van der Waals surface area contributed by atoms with Crippen LogP contribution in [0.25, 0.3) is 0 Å². The van der Waals surface area contributed by atoms with Gasteiger partial charge in [0, 0.05) is 38.1 Å². The average molecular weight is 279 g/mol. The Morgan fingerprint density at radius 2 is 1.85 bits per heavy atom. The highest BCUT2D eigenvalue weighted by atomic mass is 19.1. The van der Waals surface area contributed by atoms with Crippen LogP contribution in [-0.4, -0.2) is 42.5 Å². The molecule has 1 saturated heterocycles. The Morgan fingerprint density at radius 1 is 1.25 bits per heavy atom. The summed E-state index contributed by atoms with van der Waals surface area (Å²) in [5.41, 5.74) is 6.00. The van der Waals surface area contributed by atoms with Crippen molar-refractivity contribution < 1.29 is 9.18 Å². The molecular formula is C15H22FN3O. The third-order valence-electron chi connectivity index (χ3n) is 3.43. The fourth-order valence-corrected chi connectivity index (χ4v) is 2.41. The van der Waals surface area contributed by atoms with Crippen molar-refractivity contribution in [2.45, 2.75) is 25.8 Å². The first-order valence-corrected chi connectivity index (χ1v) is 6.93. The zero-order valence-electron chi connectivity index (χ0n) is 12.1. The molecule has 0 bridgehead atoms. The Labute approximate surface area is 119 Å². The average Bonchev–Trinajstić information content (AvgIpc) is 2.37. The minimum absolute atomic E-state index is 0.0747. The van der Waals surface area contributed by atoms with E-state index in [1.807, 2.05) is 29.7 Å². The molecule has 0 aromatic heterocycles. The van der Waals surface area contributed by atoms with Gasteiger partial charge in [-0.3, -0.25) is 4.79 Å². The van der Waals surface area contributed by atoms with Crippen LogP contribution in [0.3, 0.4) is 0 Å². The minimum atomic E-state index is -0.486. The molecule has 1 aliphatic rings. The number of anilines is 1. The molecule has 0 saturated carbocycles. The molecule has 5 heteroatoms. The standard InChI is InChI=1S/C15H22FN3O/c1-15(2,17)11-14(20)19-9-7-18(8-10-19)13-6-4-3-5-12(13)16/h3-6H,7-11,17H2,1-2H3. The lowest BCUT2D eigenvalue weighted by molar-refractivity contribution is -0.132. The number of hydrogen-bond acceptors (Lipinski definition) is 3. The summed E-state index contributed by atoms with van der Waals surface area (Å²) in [4.78, 5) is 15.9. The molecule has 1 heterocycles. The van der Waals surface area contributed by atoms with E-state index in [1.165, 1.54) is 6.07 Å². The van der Waals surface area contributed by atoms with Crippen molar-refractivity contribution in [3.63, 3.8) is 0 Å². The Kier molecular flexibility index (Phi) is 4.28. The predicted molar refractivity (Wildman–Crippen MR) is 78.1 cm³/mol. The molecule has 0 spiro atoms. The first-order chi connectivity index (χ1) is 9.37. The Hall–Kier alpha value is -1.62. The summed E-state index contributed by atoms with van der Waals surface area (Å²) in [7, 11) is 0. The van der Waals surface area contributed by atoms with Gasteiger partial charge in [-0.15, -0.1) is 0 Å². The SMILES string of the molecule is CC(C)(N)CC(=O)N1CCN(c2ccccc2F)CC1. The fraction of sp³-hybridized carbons (Fsp3) is 0.533. The van der Waals surface area contributed by atoms with Crippen molar-refractivity contribution in [2.24, 2.45) is 5.73 Å². The van der Waals surface area contributed by atoms with Gasteiger partial charge < -0.3 is 15.5 Å². The van der Waals surface area contributed by atoms with Crippen LogP contribution in [0.4, 0.5) is 10.1 Å². The van der Waals surface area contributed by atoms with Gasteiger partial charge in [-0.2, -0.15) is 0 Å². The van der Waals surface area contributed by atoms with Crippen molar-refractivity contribution in [1.82, 2.24) is 4.90 Å². The molecule has 110 valence electrons. The number of nitrogens with two attached hydrogens (primary N) is 1. The highest BCUT2D eigenvalue weighted by Gasteiger charge is 2.25. The van der Waals surface area contributed by atoms with Crippen molar-refractivity contribution in [3.05, 3.63) is 30.1 Å². The number of carbonyl (C=O) groups is 1. The Balaban J connectivity index is 1.93. The van der Waals surface area contributed by atoms with Crippen LogP contribution in [0, 0.1) is 5.82 Å². The van der Waals surface area contributed by atoms with E-state index in [9.17, 15) is 9.18 Å². The van der Waals surface area contributed by atoms with E-state index in [0.717, 1.165) is 0 Å². The summed E-state index contributed by atoms with van der Waals surface area (Å²) < 4.78 is 13.7. The monoisotopic (exact) mass is 279 g/mol. The maximum absolute atomic E-state index is 13.7. The van der Waals surface area contributed by atoms with Crippen LogP contribution in [0.2, 0.25) is 0 Å². The summed E-state index contributed by atoms with van der Waals surface area (Å²) in [5, 5.41) is 0.